The highest BCUT2D eigenvalue weighted by atomic mass is 32.2. The topological polar surface area (TPSA) is 78.5 Å². The molecule has 0 saturated carbocycles. The lowest BCUT2D eigenvalue weighted by atomic mass is 10.2. The van der Waals surface area contributed by atoms with Crippen LogP contribution in [-0.4, -0.2) is 55.5 Å². The van der Waals surface area contributed by atoms with Gasteiger partial charge in [-0.05, 0) is 49.7 Å². The highest BCUT2D eigenvalue weighted by Gasteiger charge is 2.34. The number of aryl methyl sites for hydroxylation is 1. The Morgan fingerprint density at radius 1 is 1.33 bits per heavy atom. The molecule has 2 rings (SSSR count). The number of hydrogen-bond donors (Lipinski definition) is 2. The fourth-order valence-corrected chi connectivity index (χ4v) is 4.13. The second-order valence-electron chi connectivity index (χ2n) is 5.48. The first-order valence-corrected chi connectivity index (χ1v) is 10.8. The molecule has 24 heavy (non-hydrogen) atoms. The fraction of sp³-hybridized carbons (Fsp3) is 0.467. The standard InChI is InChI=1S/C15H21N3O3S3/c1-11-3-5-12(6-4-11)24(20,21)16-8-9-18-14(19)13(7-10-23-2)17-15(18)22/h3-6,13,16H,7-10H2,1-2H3,(H,17,22)/t13-/m1/s1. The molecule has 1 aliphatic heterocycles. The molecule has 1 aliphatic rings. The average Bonchev–Trinajstić information content (AvgIpc) is 2.80. The van der Waals surface area contributed by atoms with Gasteiger partial charge in [-0.15, -0.1) is 0 Å². The SMILES string of the molecule is CSCC[C@H]1NC(=S)N(CCNS(=O)(=O)c2ccc(C)cc2)C1=O. The van der Waals surface area contributed by atoms with E-state index in [-0.39, 0.29) is 29.9 Å². The van der Waals surface area contributed by atoms with Crippen LogP contribution in [0.3, 0.4) is 0 Å². The number of thiocarbonyl (C=S) groups is 1. The van der Waals surface area contributed by atoms with Gasteiger partial charge in [-0.1, -0.05) is 17.7 Å². The van der Waals surface area contributed by atoms with Crippen molar-refractivity contribution in [3.05, 3.63) is 29.8 Å². The summed E-state index contributed by atoms with van der Waals surface area (Å²) in [5.41, 5.74) is 0.990. The number of sulfonamides is 1. The Hall–Kier alpha value is -1.16. The van der Waals surface area contributed by atoms with Crippen LogP contribution in [0.2, 0.25) is 0 Å². The van der Waals surface area contributed by atoms with Crippen molar-refractivity contribution in [3.63, 3.8) is 0 Å². The Labute approximate surface area is 152 Å². The summed E-state index contributed by atoms with van der Waals surface area (Å²) in [6.07, 6.45) is 2.68. The van der Waals surface area contributed by atoms with E-state index in [1.54, 1.807) is 36.0 Å². The third kappa shape index (κ3) is 4.69. The number of benzene rings is 1. The number of amides is 1. The van der Waals surface area contributed by atoms with Crippen LogP contribution in [0.1, 0.15) is 12.0 Å². The first-order valence-electron chi connectivity index (χ1n) is 7.52. The van der Waals surface area contributed by atoms with Gasteiger partial charge in [-0.3, -0.25) is 9.69 Å². The number of nitrogens with one attached hydrogen (secondary N) is 2. The molecular weight excluding hydrogens is 366 g/mol. The number of rotatable bonds is 8. The van der Waals surface area contributed by atoms with Crippen LogP contribution in [0.15, 0.2) is 29.2 Å². The lowest BCUT2D eigenvalue weighted by Crippen LogP contribution is -2.39. The Kier molecular flexibility index (Phi) is 6.62. The molecule has 1 aromatic rings. The van der Waals surface area contributed by atoms with Crippen LogP contribution >= 0.6 is 24.0 Å². The van der Waals surface area contributed by atoms with Gasteiger partial charge in [0.25, 0.3) is 5.91 Å². The number of carbonyl (C=O) groups excluding carboxylic acids is 1. The Morgan fingerprint density at radius 3 is 2.62 bits per heavy atom. The van der Waals surface area contributed by atoms with E-state index in [4.69, 9.17) is 12.2 Å². The van der Waals surface area contributed by atoms with Crippen LogP contribution in [0.4, 0.5) is 0 Å². The maximum atomic E-state index is 12.3. The first kappa shape index (κ1) is 19.2. The van der Waals surface area contributed by atoms with Crippen molar-refractivity contribution in [1.29, 1.82) is 0 Å². The molecule has 2 N–H and O–H groups in total. The summed E-state index contributed by atoms with van der Waals surface area (Å²) in [6, 6.07) is 6.30. The van der Waals surface area contributed by atoms with E-state index < -0.39 is 10.0 Å². The second kappa shape index (κ2) is 8.28. The van der Waals surface area contributed by atoms with Gasteiger partial charge in [0, 0.05) is 13.1 Å². The van der Waals surface area contributed by atoms with Crippen molar-refractivity contribution in [2.45, 2.75) is 24.3 Å². The van der Waals surface area contributed by atoms with Crippen LogP contribution in [0, 0.1) is 6.92 Å². The summed E-state index contributed by atoms with van der Waals surface area (Å²) in [7, 11) is -3.59. The molecule has 0 bridgehead atoms. The predicted octanol–water partition coefficient (Wildman–Crippen LogP) is 1.11. The van der Waals surface area contributed by atoms with E-state index in [0.29, 0.717) is 11.5 Å². The van der Waals surface area contributed by atoms with E-state index in [1.165, 1.54) is 4.90 Å². The summed E-state index contributed by atoms with van der Waals surface area (Å²) in [5.74, 6) is 0.767. The fourth-order valence-electron chi connectivity index (χ4n) is 2.31. The molecular formula is C15H21N3O3S3. The number of thioether (sulfide) groups is 1. The maximum Gasteiger partial charge on any atom is 0.251 e. The monoisotopic (exact) mass is 387 g/mol. The Morgan fingerprint density at radius 2 is 2.00 bits per heavy atom. The van der Waals surface area contributed by atoms with E-state index >= 15 is 0 Å². The minimum Gasteiger partial charge on any atom is -0.350 e. The second-order valence-corrected chi connectivity index (χ2v) is 8.62. The van der Waals surface area contributed by atoms with E-state index in [2.05, 4.69) is 10.0 Å². The van der Waals surface area contributed by atoms with Crippen molar-refractivity contribution in [1.82, 2.24) is 14.9 Å². The smallest absolute Gasteiger partial charge is 0.251 e. The largest absolute Gasteiger partial charge is 0.350 e. The Balaban J connectivity index is 1.90. The number of hydrogen-bond acceptors (Lipinski definition) is 5. The molecule has 1 heterocycles. The molecule has 1 fully saturated rings. The summed E-state index contributed by atoms with van der Waals surface area (Å²) < 4.78 is 26.9. The van der Waals surface area contributed by atoms with Gasteiger partial charge in [-0.25, -0.2) is 13.1 Å². The lowest BCUT2D eigenvalue weighted by Gasteiger charge is -2.15. The predicted molar refractivity (Wildman–Crippen MR) is 101 cm³/mol. The summed E-state index contributed by atoms with van der Waals surface area (Å²) in [4.78, 5) is 13.9. The number of nitrogens with zero attached hydrogens (tertiary/aromatic N) is 1. The molecule has 1 amide bonds. The molecule has 0 unspecified atom stereocenters. The third-order valence-electron chi connectivity index (χ3n) is 3.68. The van der Waals surface area contributed by atoms with Crippen molar-refractivity contribution in [2.75, 3.05) is 25.1 Å². The van der Waals surface area contributed by atoms with E-state index in [1.807, 2.05) is 13.2 Å². The molecule has 9 heteroatoms. The third-order valence-corrected chi connectivity index (χ3v) is 6.14. The molecule has 1 saturated heterocycles. The van der Waals surface area contributed by atoms with Gasteiger partial charge >= 0.3 is 0 Å². The van der Waals surface area contributed by atoms with Gasteiger partial charge < -0.3 is 5.32 Å². The van der Waals surface area contributed by atoms with Crippen LogP contribution in [0.5, 0.6) is 0 Å². The van der Waals surface area contributed by atoms with Gasteiger partial charge in [0.2, 0.25) is 10.0 Å². The first-order chi connectivity index (χ1) is 11.3. The Bertz CT molecular complexity index is 704. The van der Waals surface area contributed by atoms with Crippen LogP contribution in [0.25, 0.3) is 0 Å². The molecule has 1 atom stereocenters. The molecule has 6 nitrogen and oxygen atoms in total. The van der Waals surface area contributed by atoms with Crippen molar-refractivity contribution >= 4 is 45.0 Å². The molecule has 132 valence electrons. The average molecular weight is 388 g/mol. The van der Waals surface area contributed by atoms with Crippen LogP contribution in [-0.2, 0) is 14.8 Å². The van der Waals surface area contributed by atoms with Crippen molar-refractivity contribution < 1.29 is 13.2 Å². The summed E-state index contributed by atoms with van der Waals surface area (Å²) in [5, 5.41) is 3.35. The minimum absolute atomic E-state index is 0.0939. The number of carbonyl (C=O) groups is 1. The molecule has 0 aromatic heterocycles. The van der Waals surface area contributed by atoms with Crippen molar-refractivity contribution in [2.24, 2.45) is 0 Å². The molecule has 1 aromatic carbocycles. The lowest BCUT2D eigenvalue weighted by molar-refractivity contribution is -0.127. The van der Waals surface area contributed by atoms with Gasteiger partial charge in [0.1, 0.15) is 6.04 Å². The summed E-state index contributed by atoms with van der Waals surface area (Å²) in [6.45, 7) is 2.22. The minimum atomic E-state index is -3.59. The summed E-state index contributed by atoms with van der Waals surface area (Å²) >= 11 is 6.84. The molecule has 0 aliphatic carbocycles. The molecule has 0 spiro atoms. The zero-order valence-corrected chi connectivity index (χ0v) is 16.1. The van der Waals surface area contributed by atoms with Gasteiger partial charge in [0.05, 0.1) is 4.90 Å². The van der Waals surface area contributed by atoms with Crippen molar-refractivity contribution in [3.8, 4) is 0 Å². The zero-order chi connectivity index (χ0) is 17.7. The van der Waals surface area contributed by atoms with Crippen LogP contribution < -0.4 is 10.0 Å². The van der Waals surface area contributed by atoms with E-state index in [0.717, 1.165) is 11.3 Å². The maximum absolute atomic E-state index is 12.3. The highest BCUT2D eigenvalue weighted by molar-refractivity contribution is 7.98. The van der Waals surface area contributed by atoms with Gasteiger partial charge in [-0.2, -0.15) is 11.8 Å². The van der Waals surface area contributed by atoms with Gasteiger partial charge in [0.15, 0.2) is 5.11 Å². The highest BCUT2D eigenvalue weighted by Crippen LogP contribution is 2.12. The quantitative estimate of drug-likeness (QED) is 0.651. The van der Waals surface area contributed by atoms with E-state index in [9.17, 15) is 13.2 Å². The normalized spacial score (nSPS) is 18.1. The molecule has 0 radical (unpaired) electrons. The zero-order valence-electron chi connectivity index (χ0n) is 13.6.